The molecule has 1 amide bonds. The van der Waals surface area contributed by atoms with Crippen LogP contribution in [0.25, 0.3) is 0 Å². The molecule has 1 aromatic rings. The van der Waals surface area contributed by atoms with E-state index in [1.807, 2.05) is 0 Å². The summed E-state index contributed by atoms with van der Waals surface area (Å²) in [5.41, 5.74) is -0.932. The monoisotopic (exact) mass is 262 g/mol. The Balaban J connectivity index is 2.10. The van der Waals surface area contributed by atoms with E-state index in [1.54, 1.807) is 0 Å². The maximum atomic E-state index is 12.4. The third-order valence-corrected chi connectivity index (χ3v) is 2.76. The lowest BCUT2D eigenvalue weighted by Crippen LogP contribution is -2.33. The standard InChI is InChI=1S/C11H13F3N2O2/c12-11(13,14)8-6-9(18-7-8)10(17)16-4-1-2-15-3-5-16/h6-7,15H,1-5H2. The number of hydrogen-bond donors (Lipinski definition) is 1. The van der Waals surface area contributed by atoms with Gasteiger partial charge in [0.1, 0.15) is 6.26 Å². The lowest BCUT2D eigenvalue weighted by atomic mass is 10.3. The second kappa shape index (κ2) is 5.01. The van der Waals surface area contributed by atoms with Crippen LogP contribution in [-0.4, -0.2) is 37.0 Å². The lowest BCUT2D eigenvalue weighted by molar-refractivity contribution is -0.137. The zero-order valence-electron chi connectivity index (χ0n) is 9.59. The first-order valence-electron chi connectivity index (χ1n) is 5.64. The highest BCUT2D eigenvalue weighted by Crippen LogP contribution is 2.30. The lowest BCUT2D eigenvalue weighted by Gasteiger charge is -2.18. The van der Waals surface area contributed by atoms with E-state index in [9.17, 15) is 18.0 Å². The van der Waals surface area contributed by atoms with Crippen LogP contribution in [0, 0.1) is 0 Å². The summed E-state index contributed by atoms with van der Waals surface area (Å²) in [5, 5.41) is 3.11. The number of halogens is 3. The van der Waals surface area contributed by atoms with E-state index in [1.165, 1.54) is 4.90 Å². The molecule has 18 heavy (non-hydrogen) atoms. The molecule has 0 saturated carbocycles. The minimum Gasteiger partial charge on any atom is -0.459 e. The normalized spacial score (nSPS) is 17.6. The van der Waals surface area contributed by atoms with Crippen LogP contribution in [0.2, 0.25) is 0 Å². The van der Waals surface area contributed by atoms with Crippen molar-refractivity contribution in [3.63, 3.8) is 0 Å². The van der Waals surface area contributed by atoms with E-state index in [4.69, 9.17) is 4.42 Å². The van der Waals surface area contributed by atoms with Crippen LogP contribution in [0.1, 0.15) is 22.5 Å². The van der Waals surface area contributed by atoms with Gasteiger partial charge in [-0.3, -0.25) is 4.79 Å². The summed E-state index contributed by atoms with van der Waals surface area (Å²) < 4.78 is 41.8. The van der Waals surface area contributed by atoms with Gasteiger partial charge in [-0.1, -0.05) is 0 Å². The smallest absolute Gasteiger partial charge is 0.419 e. The van der Waals surface area contributed by atoms with Crippen LogP contribution in [-0.2, 0) is 6.18 Å². The largest absolute Gasteiger partial charge is 0.459 e. The Morgan fingerprint density at radius 1 is 1.33 bits per heavy atom. The van der Waals surface area contributed by atoms with Gasteiger partial charge in [0.15, 0.2) is 5.76 Å². The number of rotatable bonds is 1. The molecule has 0 unspecified atom stereocenters. The molecule has 0 bridgehead atoms. The second-order valence-electron chi connectivity index (χ2n) is 4.09. The van der Waals surface area contributed by atoms with E-state index in [2.05, 4.69) is 5.32 Å². The van der Waals surface area contributed by atoms with Crippen LogP contribution in [0.4, 0.5) is 13.2 Å². The number of nitrogens with one attached hydrogen (secondary N) is 1. The second-order valence-corrected chi connectivity index (χ2v) is 4.09. The third kappa shape index (κ3) is 2.84. The van der Waals surface area contributed by atoms with Crippen LogP contribution in [0.5, 0.6) is 0 Å². The first kappa shape index (κ1) is 12.9. The Bertz CT molecular complexity index is 420. The quantitative estimate of drug-likeness (QED) is 0.838. The van der Waals surface area contributed by atoms with Crippen molar-refractivity contribution in [3.8, 4) is 0 Å². The van der Waals surface area contributed by atoms with Crippen LogP contribution < -0.4 is 5.32 Å². The summed E-state index contributed by atoms with van der Waals surface area (Å²) in [6.07, 6.45) is -3.13. The molecule has 0 aliphatic carbocycles. The Kier molecular flexibility index (Phi) is 3.60. The average molecular weight is 262 g/mol. The van der Waals surface area contributed by atoms with Crippen molar-refractivity contribution in [3.05, 3.63) is 23.7 Å². The minimum atomic E-state index is -4.48. The molecule has 100 valence electrons. The fraction of sp³-hybridized carbons (Fsp3) is 0.545. The summed E-state index contributed by atoms with van der Waals surface area (Å²) in [6.45, 7) is 2.43. The topological polar surface area (TPSA) is 45.5 Å². The highest BCUT2D eigenvalue weighted by atomic mass is 19.4. The summed E-state index contributed by atoms with van der Waals surface area (Å²) >= 11 is 0. The molecule has 2 rings (SSSR count). The zero-order chi connectivity index (χ0) is 13.2. The van der Waals surface area contributed by atoms with Gasteiger partial charge in [0.25, 0.3) is 5.91 Å². The maximum absolute atomic E-state index is 12.4. The number of carbonyl (C=O) groups excluding carboxylic acids is 1. The fourth-order valence-electron chi connectivity index (χ4n) is 1.80. The van der Waals surface area contributed by atoms with E-state index in [-0.39, 0.29) is 5.76 Å². The number of hydrogen-bond acceptors (Lipinski definition) is 3. The van der Waals surface area contributed by atoms with Crippen molar-refractivity contribution in [2.75, 3.05) is 26.2 Å². The average Bonchev–Trinajstić information content (AvgIpc) is 2.65. The highest BCUT2D eigenvalue weighted by Gasteiger charge is 2.34. The van der Waals surface area contributed by atoms with Gasteiger partial charge in [0.05, 0.1) is 5.56 Å². The summed E-state index contributed by atoms with van der Waals surface area (Å²) in [6, 6.07) is 0.751. The Labute approximate surface area is 102 Å². The molecule has 0 aromatic carbocycles. The van der Waals surface area contributed by atoms with Gasteiger partial charge in [0.2, 0.25) is 0 Å². The molecule has 0 radical (unpaired) electrons. The molecule has 1 N–H and O–H groups in total. The summed E-state index contributed by atoms with van der Waals surface area (Å²) in [7, 11) is 0. The minimum absolute atomic E-state index is 0.260. The van der Waals surface area contributed by atoms with Crippen LogP contribution in [0.3, 0.4) is 0 Å². The molecular weight excluding hydrogens is 249 g/mol. The van der Waals surface area contributed by atoms with Gasteiger partial charge >= 0.3 is 6.18 Å². The van der Waals surface area contributed by atoms with Gasteiger partial charge < -0.3 is 14.6 Å². The first-order chi connectivity index (χ1) is 8.48. The van der Waals surface area contributed by atoms with Crippen molar-refractivity contribution < 1.29 is 22.4 Å². The zero-order valence-corrected chi connectivity index (χ0v) is 9.59. The van der Waals surface area contributed by atoms with Gasteiger partial charge in [-0.15, -0.1) is 0 Å². The molecule has 4 nitrogen and oxygen atoms in total. The van der Waals surface area contributed by atoms with Gasteiger partial charge in [0, 0.05) is 25.7 Å². The van der Waals surface area contributed by atoms with Gasteiger partial charge in [-0.25, -0.2) is 0 Å². The van der Waals surface area contributed by atoms with E-state index >= 15 is 0 Å². The molecule has 1 saturated heterocycles. The van der Waals surface area contributed by atoms with Crippen molar-refractivity contribution in [2.24, 2.45) is 0 Å². The molecule has 0 spiro atoms. The predicted octanol–water partition coefficient (Wildman–Crippen LogP) is 1.73. The number of alkyl halides is 3. The van der Waals surface area contributed by atoms with Crippen molar-refractivity contribution in [1.82, 2.24) is 10.2 Å². The predicted molar refractivity (Wildman–Crippen MR) is 57.1 cm³/mol. The molecule has 1 aliphatic rings. The van der Waals surface area contributed by atoms with Crippen LogP contribution in [0.15, 0.2) is 16.7 Å². The van der Waals surface area contributed by atoms with Crippen molar-refractivity contribution in [2.45, 2.75) is 12.6 Å². The molecular formula is C11H13F3N2O2. The number of carbonyl (C=O) groups is 1. The van der Waals surface area contributed by atoms with E-state index < -0.39 is 17.6 Å². The van der Waals surface area contributed by atoms with Gasteiger partial charge in [-0.05, 0) is 13.0 Å². The van der Waals surface area contributed by atoms with Crippen molar-refractivity contribution in [1.29, 1.82) is 0 Å². The maximum Gasteiger partial charge on any atom is 0.419 e. The van der Waals surface area contributed by atoms with E-state index in [0.717, 1.165) is 19.0 Å². The highest BCUT2D eigenvalue weighted by molar-refractivity contribution is 5.91. The third-order valence-electron chi connectivity index (χ3n) is 2.76. The first-order valence-corrected chi connectivity index (χ1v) is 5.64. The molecule has 7 heteroatoms. The number of nitrogens with zero attached hydrogens (tertiary/aromatic N) is 1. The van der Waals surface area contributed by atoms with Crippen LogP contribution >= 0.6 is 0 Å². The molecule has 1 fully saturated rings. The van der Waals surface area contributed by atoms with E-state index in [0.29, 0.717) is 25.9 Å². The number of furan rings is 1. The summed E-state index contributed by atoms with van der Waals surface area (Å²) in [5.74, 6) is -0.751. The fourth-order valence-corrected chi connectivity index (χ4v) is 1.80. The SMILES string of the molecule is O=C(c1cc(C(F)(F)F)co1)N1CCCNCC1. The Morgan fingerprint density at radius 2 is 2.11 bits per heavy atom. The molecule has 1 aromatic heterocycles. The van der Waals surface area contributed by atoms with Gasteiger partial charge in [-0.2, -0.15) is 13.2 Å². The Hall–Kier alpha value is -1.50. The molecule has 0 atom stereocenters. The Morgan fingerprint density at radius 3 is 2.78 bits per heavy atom. The molecule has 2 heterocycles. The number of amides is 1. The molecule has 1 aliphatic heterocycles. The van der Waals surface area contributed by atoms with Crippen molar-refractivity contribution >= 4 is 5.91 Å². The summed E-state index contributed by atoms with van der Waals surface area (Å²) in [4.78, 5) is 13.4.